The quantitative estimate of drug-likeness (QED) is 0.731. The summed E-state index contributed by atoms with van der Waals surface area (Å²) in [6.07, 6.45) is 0. The lowest BCUT2D eigenvalue weighted by Crippen LogP contribution is -1.98. The Hall–Kier alpha value is -1.94. The minimum absolute atomic E-state index is 0.524. The summed E-state index contributed by atoms with van der Waals surface area (Å²) in [5.41, 5.74) is 8.91. The Morgan fingerprint density at radius 2 is 1.89 bits per heavy atom. The molecule has 92 valence electrons. The summed E-state index contributed by atoms with van der Waals surface area (Å²) in [6.45, 7) is 0. The van der Waals surface area contributed by atoms with Crippen molar-refractivity contribution in [3.05, 3.63) is 35.4 Å². The predicted molar refractivity (Wildman–Crippen MR) is 74.5 cm³/mol. The largest absolute Gasteiger partial charge is 0.382 e. The third-order valence-electron chi connectivity index (χ3n) is 3.17. The third-order valence-corrected chi connectivity index (χ3v) is 3.40. The van der Waals surface area contributed by atoms with Crippen molar-refractivity contribution in [1.82, 2.24) is 14.3 Å². The minimum atomic E-state index is 0.524. The van der Waals surface area contributed by atoms with Gasteiger partial charge in [0.1, 0.15) is 5.82 Å². The van der Waals surface area contributed by atoms with E-state index >= 15 is 0 Å². The SMILES string of the molecule is Cn1nc(N)cc1-c1cc2cc(Cl)ccc2n1C. The molecule has 0 saturated heterocycles. The average molecular weight is 261 g/mol. The van der Waals surface area contributed by atoms with E-state index in [2.05, 4.69) is 15.7 Å². The minimum Gasteiger partial charge on any atom is -0.382 e. The van der Waals surface area contributed by atoms with Gasteiger partial charge >= 0.3 is 0 Å². The number of aromatic nitrogens is 3. The van der Waals surface area contributed by atoms with E-state index in [0.29, 0.717) is 5.82 Å². The zero-order valence-electron chi connectivity index (χ0n) is 10.2. The van der Waals surface area contributed by atoms with Crippen molar-refractivity contribution in [2.24, 2.45) is 14.1 Å². The van der Waals surface area contributed by atoms with Crippen LogP contribution < -0.4 is 5.73 Å². The number of nitrogens with two attached hydrogens (primary N) is 1. The fourth-order valence-corrected chi connectivity index (χ4v) is 2.48. The highest BCUT2D eigenvalue weighted by Crippen LogP contribution is 2.29. The molecule has 0 fully saturated rings. The highest BCUT2D eigenvalue weighted by Gasteiger charge is 2.12. The lowest BCUT2D eigenvalue weighted by atomic mass is 10.2. The number of aryl methyl sites for hydroxylation is 2. The van der Waals surface area contributed by atoms with Gasteiger partial charge in [-0.15, -0.1) is 0 Å². The summed E-state index contributed by atoms with van der Waals surface area (Å²) < 4.78 is 3.90. The molecule has 4 nitrogen and oxygen atoms in total. The molecular formula is C13H13ClN4. The number of hydrogen-bond acceptors (Lipinski definition) is 2. The van der Waals surface area contributed by atoms with Gasteiger partial charge in [0.05, 0.1) is 11.4 Å². The Morgan fingerprint density at radius 1 is 1.11 bits per heavy atom. The van der Waals surface area contributed by atoms with Crippen LogP contribution >= 0.6 is 11.6 Å². The van der Waals surface area contributed by atoms with Crippen LogP contribution in [0.1, 0.15) is 0 Å². The molecule has 0 aliphatic carbocycles. The summed E-state index contributed by atoms with van der Waals surface area (Å²) in [5, 5.41) is 6.02. The maximum absolute atomic E-state index is 6.01. The van der Waals surface area contributed by atoms with Gasteiger partial charge in [-0.25, -0.2) is 0 Å². The first-order chi connectivity index (χ1) is 8.56. The Labute approximate surface area is 110 Å². The Balaban J connectivity index is 2.30. The smallest absolute Gasteiger partial charge is 0.146 e. The molecule has 0 atom stereocenters. The van der Waals surface area contributed by atoms with E-state index in [-0.39, 0.29) is 0 Å². The number of benzene rings is 1. The molecule has 2 aromatic heterocycles. The zero-order valence-corrected chi connectivity index (χ0v) is 10.9. The molecule has 0 unspecified atom stereocenters. The second-order valence-electron chi connectivity index (χ2n) is 4.37. The summed E-state index contributed by atoms with van der Waals surface area (Å²) in [6, 6.07) is 9.83. The third kappa shape index (κ3) is 1.57. The molecule has 0 saturated carbocycles. The number of hydrogen-bond donors (Lipinski definition) is 1. The molecule has 0 bridgehead atoms. The van der Waals surface area contributed by atoms with Crippen LogP contribution in [0.2, 0.25) is 5.02 Å². The van der Waals surface area contributed by atoms with Crippen LogP contribution in [0.25, 0.3) is 22.3 Å². The average Bonchev–Trinajstić information content (AvgIpc) is 2.79. The molecule has 18 heavy (non-hydrogen) atoms. The van der Waals surface area contributed by atoms with E-state index in [0.717, 1.165) is 27.3 Å². The van der Waals surface area contributed by atoms with E-state index in [1.165, 1.54) is 0 Å². The van der Waals surface area contributed by atoms with Crippen molar-refractivity contribution >= 4 is 28.3 Å². The van der Waals surface area contributed by atoms with Gasteiger partial charge in [0.15, 0.2) is 0 Å². The number of anilines is 1. The van der Waals surface area contributed by atoms with E-state index in [1.807, 2.05) is 38.4 Å². The summed E-state index contributed by atoms with van der Waals surface area (Å²) in [4.78, 5) is 0. The summed E-state index contributed by atoms with van der Waals surface area (Å²) in [5.74, 6) is 0.524. The van der Waals surface area contributed by atoms with Crippen LogP contribution in [0, 0.1) is 0 Å². The molecular weight excluding hydrogens is 248 g/mol. The number of halogens is 1. The Kier molecular flexibility index (Phi) is 2.35. The molecule has 0 radical (unpaired) electrons. The van der Waals surface area contributed by atoms with E-state index < -0.39 is 0 Å². The molecule has 0 spiro atoms. The van der Waals surface area contributed by atoms with Crippen LogP contribution in [0.3, 0.4) is 0 Å². The second kappa shape index (κ2) is 3.78. The van der Waals surface area contributed by atoms with Crippen LogP contribution in [-0.4, -0.2) is 14.3 Å². The van der Waals surface area contributed by atoms with Crippen LogP contribution in [-0.2, 0) is 14.1 Å². The maximum Gasteiger partial charge on any atom is 0.146 e. The first kappa shape index (κ1) is 11.2. The number of nitrogen functional groups attached to an aromatic ring is 1. The van der Waals surface area contributed by atoms with Crippen molar-refractivity contribution in [3.63, 3.8) is 0 Å². The van der Waals surface area contributed by atoms with E-state index in [1.54, 1.807) is 4.68 Å². The lowest BCUT2D eigenvalue weighted by molar-refractivity contribution is 0.772. The molecule has 0 aliphatic rings. The Bertz CT molecular complexity index is 739. The van der Waals surface area contributed by atoms with Crippen LogP contribution in [0.15, 0.2) is 30.3 Å². The van der Waals surface area contributed by atoms with Gasteiger partial charge < -0.3 is 10.3 Å². The molecule has 0 amide bonds. The first-order valence-corrected chi connectivity index (χ1v) is 5.99. The number of rotatable bonds is 1. The molecule has 3 aromatic rings. The first-order valence-electron chi connectivity index (χ1n) is 5.61. The molecule has 0 aliphatic heterocycles. The van der Waals surface area contributed by atoms with Gasteiger partial charge in [-0.1, -0.05) is 11.6 Å². The van der Waals surface area contributed by atoms with Crippen LogP contribution in [0.5, 0.6) is 0 Å². The fraction of sp³-hybridized carbons (Fsp3) is 0.154. The monoisotopic (exact) mass is 260 g/mol. The van der Waals surface area contributed by atoms with Gasteiger partial charge in [-0.3, -0.25) is 4.68 Å². The van der Waals surface area contributed by atoms with Crippen molar-refractivity contribution in [2.75, 3.05) is 5.73 Å². The predicted octanol–water partition coefficient (Wildman–Crippen LogP) is 2.81. The van der Waals surface area contributed by atoms with Crippen molar-refractivity contribution in [2.45, 2.75) is 0 Å². The van der Waals surface area contributed by atoms with Gasteiger partial charge in [0.2, 0.25) is 0 Å². The fourth-order valence-electron chi connectivity index (χ4n) is 2.30. The second-order valence-corrected chi connectivity index (χ2v) is 4.81. The molecule has 1 aromatic carbocycles. The summed E-state index contributed by atoms with van der Waals surface area (Å²) in [7, 11) is 3.91. The van der Waals surface area contributed by atoms with Gasteiger partial charge in [0, 0.05) is 36.1 Å². The maximum atomic E-state index is 6.01. The summed E-state index contributed by atoms with van der Waals surface area (Å²) >= 11 is 6.01. The van der Waals surface area contributed by atoms with Crippen molar-refractivity contribution in [3.8, 4) is 11.4 Å². The normalized spacial score (nSPS) is 11.3. The van der Waals surface area contributed by atoms with Crippen molar-refractivity contribution in [1.29, 1.82) is 0 Å². The molecule has 5 heteroatoms. The molecule has 2 N–H and O–H groups in total. The van der Waals surface area contributed by atoms with Crippen molar-refractivity contribution < 1.29 is 0 Å². The highest BCUT2D eigenvalue weighted by atomic mass is 35.5. The van der Waals surface area contributed by atoms with Crippen LogP contribution in [0.4, 0.5) is 5.82 Å². The molecule has 3 rings (SSSR count). The van der Waals surface area contributed by atoms with E-state index in [4.69, 9.17) is 17.3 Å². The molecule has 2 heterocycles. The van der Waals surface area contributed by atoms with Gasteiger partial charge in [-0.05, 0) is 24.3 Å². The zero-order chi connectivity index (χ0) is 12.9. The van der Waals surface area contributed by atoms with E-state index in [9.17, 15) is 0 Å². The van der Waals surface area contributed by atoms with Gasteiger partial charge in [-0.2, -0.15) is 5.10 Å². The topological polar surface area (TPSA) is 48.8 Å². The lowest BCUT2D eigenvalue weighted by Gasteiger charge is -2.04. The number of nitrogens with zero attached hydrogens (tertiary/aromatic N) is 3. The van der Waals surface area contributed by atoms with Gasteiger partial charge in [0.25, 0.3) is 0 Å². The standard InChI is InChI=1S/C13H13ClN4/c1-17-10-4-3-9(14)5-8(10)6-11(17)12-7-13(15)16-18(12)2/h3-7H,1-2H3,(H2,15,16). The highest BCUT2D eigenvalue weighted by molar-refractivity contribution is 6.31. The number of fused-ring (bicyclic) bond motifs is 1. The Morgan fingerprint density at radius 3 is 2.56 bits per heavy atom.